The van der Waals surface area contributed by atoms with Gasteiger partial charge < -0.3 is 14.8 Å². The summed E-state index contributed by atoms with van der Waals surface area (Å²) < 4.78 is 64.6. The van der Waals surface area contributed by atoms with Crippen LogP contribution < -0.4 is 19.5 Å². The lowest BCUT2D eigenvalue weighted by molar-refractivity contribution is -0.158. The second-order valence-electron chi connectivity index (χ2n) is 7.96. The molecule has 3 rings (SSSR count). The third-order valence-corrected chi connectivity index (χ3v) is 6.58. The third-order valence-electron chi connectivity index (χ3n) is 5.16. The molecule has 0 saturated heterocycles. The molecular formula is C23H28F2N2O5S. The maximum atomic E-state index is 13.1. The van der Waals surface area contributed by atoms with Crippen molar-refractivity contribution < 1.29 is 31.5 Å². The zero-order valence-electron chi connectivity index (χ0n) is 18.6. The van der Waals surface area contributed by atoms with E-state index in [1.807, 2.05) is 0 Å². The van der Waals surface area contributed by atoms with Crippen molar-refractivity contribution in [1.82, 2.24) is 0 Å². The van der Waals surface area contributed by atoms with Gasteiger partial charge in [0.05, 0.1) is 12.3 Å². The van der Waals surface area contributed by atoms with E-state index in [0.717, 1.165) is 38.2 Å². The first kappa shape index (κ1) is 24.8. The molecule has 33 heavy (non-hydrogen) atoms. The zero-order chi connectivity index (χ0) is 24.1. The van der Waals surface area contributed by atoms with Gasteiger partial charge in [0.15, 0.2) is 0 Å². The van der Waals surface area contributed by atoms with Crippen molar-refractivity contribution >= 4 is 27.3 Å². The van der Waals surface area contributed by atoms with E-state index in [-0.39, 0.29) is 40.5 Å². The standard InChI is InChI=1S/C23H28F2N2O5S/c1-3-31-20-15-17(26-22(28)16-8-5-4-6-9-16)12-13-21(20)33(29,30)27-18-10-7-11-19(14-18)32-23(2,24)25/h7,10-16,27H,3-6,8-9H2,1-2H3,(H,26,28). The van der Waals surface area contributed by atoms with Crippen molar-refractivity contribution in [3.63, 3.8) is 0 Å². The molecule has 7 nitrogen and oxygen atoms in total. The average molecular weight is 483 g/mol. The molecule has 0 spiro atoms. The van der Waals surface area contributed by atoms with Crippen molar-refractivity contribution in [2.75, 3.05) is 16.6 Å². The molecule has 0 aromatic heterocycles. The molecule has 0 heterocycles. The number of nitrogens with one attached hydrogen (secondary N) is 2. The summed E-state index contributed by atoms with van der Waals surface area (Å²) in [5.41, 5.74) is 0.488. The van der Waals surface area contributed by atoms with Gasteiger partial charge in [0, 0.05) is 30.7 Å². The lowest BCUT2D eigenvalue weighted by Crippen LogP contribution is -2.24. The van der Waals surface area contributed by atoms with E-state index in [1.54, 1.807) is 6.92 Å². The Hall–Kier alpha value is -2.88. The lowest BCUT2D eigenvalue weighted by Gasteiger charge is -2.21. The number of anilines is 2. The summed E-state index contributed by atoms with van der Waals surface area (Å²) in [7, 11) is -4.12. The lowest BCUT2D eigenvalue weighted by atomic mass is 9.88. The predicted octanol–water partition coefficient (Wildman–Crippen LogP) is 5.40. The summed E-state index contributed by atoms with van der Waals surface area (Å²) in [4.78, 5) is 12.4. The second-order valence-corrected chi connectivity index (χ2v) is 9.61. The molecule has 10 heteroatoms. The van der Waals surface area contributed by atoms with Crippen LogP contribution in [-0.4, -0.2) is 27.0 Å². The Balaban J connectivity index is 1.80. The number of halogens is 2. The van der Waals surface area contributed by atoms with E-state index < -0.39 is 16.1 Å². The second kappa shape index (κ2) is 10.4. The Morgan fingerprint density at radius 2 is 1.82 bits per heavy atom. The first-order valence-corrected chi connectivity index (χ1v) is 12.3. The Labute approximate surface area is 192 Å². The smallest absolute Gasteiger partial charge is 0.394 e. The van der Waals surface area contributed by atoms with Crippen LogP contribution in [0.1, 0.15) is 46.0 Å². The fourth-order valence-corrected chi connectivity index (χ4v) is 4.90. The number of carbonyl (C=O) groups excluding carboxylic acids is 1. The van der Waals surface area contributed by atoms with Crippen LogP contribution in [0.4, 0.5) is 20.2 Å². The van der Waals surface area contributed by atoms with Gasteiger partial charge in [-0.05, 0) is 44.0 Å². The minimum absolute atomic E-state index is 0.0499. The molecule has 0 unspecified atom stereocenters. The number of hydrogen-bond donors (Lipinski definition) is 2. The molecule has 0 atom stereocenters. The molecule has 2 aromatic rings. The average Bonchev–Trinajstić information content (AvgIpc) is 2.73. The summed E-state index contributed by atoms with van der Waals surface area (Å²) in [6.45, 7) is 2.51. The van der Waals surface area contributed by atoms with Crippen molar-refractivity contribution in [2.24, 2.45) is 5.92 Å². The summed E-state index contributed by atoms with van der Waals surface area (Å²) in [6.07, 6.45) is 1.45. The first-order chi connectivity index (χ1) is 15.6. The van der Waals surface area contributed by atoms with E-state index in [0.29, 0.717) is 12.6 Å². The minimum Gasteiger partial charge on any atom is -0.492 e. The number of rotatable bonds is 9. The van der Waals surface area contributed by atoms with Gasteiger partial charge in [-0.3, -0.25) is 9.52 Å². The predicted molar refractivity (Wildman–Crippen MR) is 121 cm³/mol. The van der Waals surface area contributed by atoms with Gasteiger partial charge in [-0.2, -0.15) is 8.78 Å². The number of hydrogen-bond acceptors (Lipinski definition) is 5. The van der Waals surface area contributed by atoms with Crippen LogP contribution in [0.25, 0.3) is 0 Å². The van der Waals surface area contributed by atoms with Gasteiger partial charge in [-0.1, -0.05) is 25.3 Å². The molecule has 2 N–H and O–H groups in total. The molecule has 180 valence electrons. The van der Waals surface area contributed by atoms with Crippen LogP contribution in [0.15, 0.2) is 47.4 Å². The van der Waals surface area contributed by atoms with E-state index in [1.165, 1.54) is 36.4 Å². The quantitative estimate of drug-likeness (QED) is 0.499. The molecule has 0 radical (unpaired) electrons. The van der Waals surface area contributed by atoms with Crippen LogP contribution in [-0.2, 0) is 14.8 Å². The maximum absolute atomic E-state index is 13.1. The highest BCUT2D eigenvalue weighted by Crippen LogP contribution is 2.32. The Kier molecular flexibility index (Phi) is 7.78. The van der Waals surface area contributed by atoms with Crippen LogP contribution in [0.2, 0.25) is 0 Å². The minimum atomic E-state index is -4.12. The maximum Gasteiger partial charge on any atom is 0.394 e. The van der Waals surface area contributed by atoms with Crippen molar-refractivity contribution in [2.45, 2.75) is 57.0 Å². The van der Waals surface area contributed by atoms with Crippen molar-refractivity contribution in [1.29, 1.82) is 0 Å². The van der Waals surface area contributed by atoms with Gasteiger partial charge in [0.2, 0.25) is 5.91 Å². The van der Waals surface area contributed by atoms with Crippen LogP contribution in [0.5, 0.6) is 11.5 Å². The zero-order valence-corrected chi connectivity index (χ0v) is 19.4. The van der Waals surface area contributed by atoms with Gasteiger partial charge in [0.25, 0.3) is 10.0 Å². The van der Waals surface area contributed by atoms with Crippen LogP contribution in [0.3, 0.4) is 0 Å². The van der Waals surface area contributed by atoms with Gasteiger partial charge in [-0.25, -0.2) is 8.42 Å². The molecule has 1 saturated carbocycles. The molecule has 1 aliphatic carbocycles. The number of alkyl halides is 2. The Morgan fingerprint density at radius 3 is 2.48 bits per heavy atom. The molecule has 1 aliphatic rings. The van der Waals surface area contributed by atoms with Gasteiger partial charge in [-0.15, -0.1) is 0 Å². The number of sulfonamides is 1. The number of benzene rings is 2. The highest BCUT2D eigenvalue weighted by atomic mass is 32.2. The van der Waals surface area contributed by atoms with Crippen molar-refractivity contribution in [3.05, 3.63) is 42.5 Å². The molecule has 2 aromatic carbocycles. The summed E-state index contributed by atoms with van der Waals surface area (Å²) in [5.74, 6) is -0.257. The fourth-order valence-electron chi connectivity index (χ4n) is 3.73. The van der Waals surface area contributed by atoms with E-state index in [2.05, 4.69) is 14.8 Å². The summed E-state index contributed by atoms with van der Waals surface area (Å²) >= 11 is 0. The van der Waals surface area contributed by atoms with Crippen LogP contribution >= 0.6 is 0 Å². The molecule has 0 bridgehead atoms. The van der Waals surface area contributed by atoms with Crippen LogP contribution in [0, 0.1) is 5.92 Å². The topological polar surface area (TPSA) is 93.7 Å². The van der Waals surface area contributed by atoms with Gasteiger partial charge in [0.1, 0.15) is 16.4 Å². The van der Waals surface area contributed by atoms with E-state index in [9.17, 15) is 22.0 Å². The number of carbonyl (C=O) groups is 1. The SMILES string of the molecule is CCOc1cc(NC(=O)C2CCCCC2)ccc1S(=O)(=O)Nc1cccc(OC(C)(F)F)c1. The molecule has 0 aliphatic heterocycles. The molecule has 1 fully saturated rings. The summed E-state index contributed by atoms with van der Waals surface area (Å²) in [5, 5.41) is 2.85. The van der Waals surface area contributed by atoms with E-state index >= 15 is 0 Å². The Bertz CT molecular complexity index is 1080. The fraction of sp³-hybridized carbons (Fsp3) is 0.435. The Morgan fingerprint density at radius 1 is 1.09 bits per heavy atom. The van der Waals surface area contributed by atoms with E-state index in [4.69, 9.17) is 4.74 Å². The highest BCUT2D eigenvalue weighted by Gasteiger charge is 2.25. The van der Waals surface area contributed by atoms with Gasteiger partial charge >= 0.3 is 6.11 Å². The third kappa shape index (κ3) is 7.05. The normalized spacial score (nSPS) is 15.0. The molecular weight excluding hydrogens is 454 g/mol. The highest BCUT2D eigenvalue weighted by molar-refractivity contribution is 7.92. The number of ether oxygens (including phenoxy) is 2. The number of amides is 1. The first-order valence-electron chi connectivity index (χ1n) is 10.8. The van der Waals surface area contributed by atoms with Crippen molar-refractivity contribution in [3.8, 4) is 11.5 Å². The summed E-state index contributed by atoms with van der Waals surface area (Å²) in [6, 6.07) is 9.57. The largest absolute Gasteiger partial charge is 0.492 e. The molecule has 1 amide bonds. The monoisotopic (exact) mass is 482 g/mol.